The molecule has 0 rings (SSSR count). The van der Waals surface area contributed by atoms with Gasteiger partial charge in [-0.15, -0.1) is 0 Å². The lowest BCUT2D eigenvalue weighted by atomic mass is 10.0. The van der Waals surface area contributed by atoms with E-state index < -0.39 is 26.5 Å². The summed E-state index contributed by atoms with van der Waals surface area (Å²) in [5.41, 5.74) is 0. The maximum Gasteiger partial charge on any atom is 0.472 e. The first-order valence-electron chi connectivity index (χ1n) is 26.4. The molecular weight excluding hydrogens is 798 g/mol. The van der Waals surface area contributed by atoms with Crippen molar-refractivity contribution in [1.29, 1.82) is 0 Å². The third-order valence-electron chi connectivity index (χ3n) is 11.8. The summed E-state index contributed by atoms with van der Waals surface area (Å²) in [6, 6.07) is 0. The van der Waals surface area contributed by atoms with Crippen LogP contribution in [0.15, 0.2) is 12.2 Å². The Kier molecular flexibility index (Phi) is 44.0. The molecule has 10 heteroatoms. The van der Waals surface area contributed by atoms with Crippen LogP contribution in [0.4, 0.5) is 0 Å². The number of phosphoric acid groups is 1. The second kappa shape index (κ2) is 44.9. The van der Waals surface area contributed by atoms with Crippen molar-refractivity contribution in [3.05, 3.63) is 12.2 Å². The summed E-state index contributed by atoms with van der Waals surface area (Å²) in [5, 5.41) is 0. The number of carbonyl (C=O) groups excluding carboxylic acids is 2. The molecule has 0 saturated heterocycles. The molecule has 0 fully saturated rings. The highest BCUT2D eigenvalue weighted by Crippen LogP contribution is 2.43. The number of hydrogen-bond acceptors (Lipinski definition) is 7. The maximum absolute atomic E-state index is 12.8. The van der Waals surface area contributed by atoms with Gasteiger partial charge in [-0.25, -0.2) is 4.57 Å². The lowest BCUT2D eigenvalue weighted by Gasteiger charge is -2.24. The molecule has 0 saturated carbocycles. The normalized spacial score (nSPS) is 13.5. The Hall–Kier alpha value is -1.25. The van der Waals surface area contributed by atoms with Gasteiger partial charge in [0.2, 0.25) is 0 Å². The first-order chi connectivity index (χ1) is 30.0. The van der Waals surface area contributed by atoms with Crippen LogP contribution in [0.2, 0.25) is 0 Å². The third-order valence-corrected chi connectivity index (χ3v) is 12.8. The lowest BCUT2D eigenvalue weighted by molar-refractivity contribution is -0.870. The van der Waals surface area contributed by atoms with E-state index in [-0.39, 0.29) is 25.6 Å². The van der Waals surface area contributed by atoms with Gasteiger partial charge in [0.25, 0.3) is 0 Å². The summed E-state index contributed by atoms with van der Waals surface area (Å²) >= 11 is 0. The molecule has 0 aliphatic carbocycles. The number of likely N-dealkylation sites (N-methyl/N-ethyl adjacent to an activating group) is 1. The van der Waals surface area contributed by atoms with Gasteiger partial charge in [0, 0.05) is 12.8 Å². The second-order valence-corrected chi connectivity index (χ2v) is 20.7. The van der Waals surface area contributed by atoms with Crippen molar-refractivity contribution in [1.82, 2.24) is 0 Å². The zero-order valence-electron chi connectivity index (χ0n) is 41.6. The fourth-order valence-electron chi connectivity index (χ4n) is 7.66. The van der Waals surface area contributed by atoms with Gasteiger partial charge in [-0.2, -0.15) is 0 Å². The number of hydrogen-bond donors (Lipinski definition) is 1. The molecule has 0 aromatic rings. The first-order valence-corrected chi connectivity index (χ1v) is 27.9. The standard InChI is InChI=1S/C52H102NO8P/c1-6-8-10-12-14-16-18-20-22-24-25-26-27-29-31-33-35-37-39-41-43-45-52(55)61-50(49-60-62(56,57)59-47-46-53(3,4)5)48-58-51(54)44-42-40-38-36-34-32-30-28-23-21-19-17-15-13-11-9-7-2/h20,22,50H,6-19,21,23-49H2,1-5H3/p+1/b22-20+/t50-/m1/s1. The second-order valence-electron chi connectivity index (χ2n) is 19.3. The molecule has 2 atom stereocenters. The Balaban J connectivity index is 4.20. The highest BCUT2D eigenvalue weighted by Gasteiger charge is 2.27. The summed E-state index contributed by atoms with van der Waals surface area (Å²) in [4.78, 5) is 35.6. The van der Waals surface area contributed by atoms with Crippen LogP contribution in [0.1, 0.15) is 258 Å². The largest absolute Gasteiger partial charge is 0.472 e. The van der Waals surface area contributed by atoms with E-state index in [4.69, 9.17) is 18.5 Å². The Morgan fingerprint density at radius 3 is 1.19 bits per heavy atom. The van der Waals surface area contributed by atoms with Crippen LogP contribution >= 0.6 is 7.82 Å². The van der Waals surface area contributed by atoms with Crippen LogP contribution in [-0.2, 0) is 32.7 Å². The van der Waals surface area contributed by atoms with Gasteiger partial charge in [-0.3, -0.25) is 18.6 Å². The van der Waals surface area contributed by atoms with Crippen molar-refractivity contribution >= 4 is 19.8 Å². The summed E-state index contributed by atoms with van der Waals surface area (Å²) in [7, 11) is 1.49. The molecule has 62 heavy (non-hydrogen) atoms. The van der Waals surface area contributed by atoms with E-state index in [1.54, 1.807) is 0 Å². The van der Waals surface area contributed by atoms with Crippen molar-refractivity contribution in [2.24, 2.45) is 0 Å². The fraction of sp³-hybridized carbons (Fsp3) is 0.923. The Morgan fingerprint density at radius 1 is 0.484 bits per heavy atom. The number of quaternary nitrogens is 1. The van der Waals surface area contributed by atoms with Crippen molar-refractivity contribution < 1.29 is 42.1 Å². The van der Waals surface area contributed by atoms with Gasteiger partial charge < -0.3 is 18.9 Å². The lowest BCUT2D eigenvalue weighted by Crippen LogP contribution is -2.37. The number of unbranched alkanes of at least 4 members (excludes halogenated alkanes) is 33. The van der Waals surface area contributed by atoms with Gasteiger partial charge in [0.15, 0.2) is 6.10 Å². The van der Waals surface area contributed by atoms with Crippen molar-refractivity contribution in [2.75, 3.05) is 47.5 Å². The number of carbonyl (C=O) groups is 2. The van der Waals surface area contributed by atoms with Crippen molar-refractivity contribution in [2.45, 2.75) is 264 Å². The topological polar surface area (TPSA) is 108 Å². The SMILES string of the molecule is CCCCCCCC/C=C/CCCCCCCCCCCCCC(=O)O[C@H](COC(=O)CCCCCCCCCCCCCCCCCCC)COP(=O)(O)OCC[N+](C)(C)C. The summed E-state index contributed by atoms with van der Waals surface area (Å²) in [5.74, 6) is -0.782. The number of esters is 2. The molecule has 0 bridgehead atoms. The zero-order valence-corrected chi connectivity index (χ0v) is 42.5. The predicted molar refractivity (Wildman–Crippen MR) is 261 cm³/mol. The molecule has 0 aromatic heterocycles. The van der Waals surface area contributed by atoms with E-state index in [1.807, 2.05) is 21.1 Å². The number of nitrogens with zero attached hydrogens (tertiary/aromatic N) is 1. The molecule has 9 nitrogen and oxygen atoms in total. The number of rotatable bonds is 49. The molecule has 0 amide bonds. The monoisotopic (exact) mass is 901 g/mol. The average Bonchev–Trinajstić information content (AvgIpc) is 3.23. The number of allylic oxidation sites excluding steroid dienone is 2. The smallest absolute Gasteiger partial charge is 0.462 e. The van der Waals surface area contributed by atoms with E-state index in [0.717, 1.165) is 32.1 Å². The number of ether oxygens (including phenoxy) is 2. The minimum Gasteiger partial charge on any atom is -0.462 e. The van der Waals surface area contributed by atoms with Gasteiger partial charge in [0.05, 0.1) is 27.7 Å². The number of phosphoric ester groups is 1. The van der Waals surface area contributed by atoms with Crippen LogP contribution in [0, 0.1) is 0 Å². The third kappa shape index (κ3) is 48.2. The van der Waals surface area contributed by atoms with Crippen molar-refractivity contribution in [3.63, 3.8) is 0 Å². The highest BCUT2D eigenvalue weighted by atomic mass is 31.2. The molecule has 0 aliphatic rings. The maximum atomic E-state index is 12.8. The van der Waals surface area contributed by atoms with Crippen LogP contribution < -0.4 is 0 Å². The molecular formula is C52H103NO8P+. The van der Waals surface area contributed by atoms with E-state index in [2.05, 4.69) is 26.0 Å². The molecule has 1 N–H and O–H groups in total. The van der Waals surface area contributed by atoms with Crippen molar-refractivity contribution in [3.8, 4) is 0 Å². The van der Waals surface area contributed by atoms with E-state index >= 15 is 0 Å². The summed E-state index contributed by atoms with van der Waals surface area (Å²) < 4.78 is 34.5. The molecule has 368 valence electrons. The average molecular weight is 901 g/mol. The summed E-state index contributed by atoms with van der Waals surface area (Å²) in [6.07, 6.45) is 49.7. The molecule has 0 radical (unpaired) electrons. The van der Waals surface area contributed by atoms with E-state index in [1.165, 1.54) is 193 Å². The minimum absolute atomic E-state index is 0.0353. The van der Waals surface area contributed by atoms with Gasteiger partial charge in [0.1, 0.15) is 19.8 Å². The predicted octanol–water partition coefficient (Wildman–Crippen LogP) is 15.7. The van der Waals surface area contributed by atoms with Crippen LogP contribution in [-0.4, -0.2) is 74.9 Å². The van der Waals surface area contributed by atoms with Gasteiger partial charge in [-0.05, 0) is 38.5 Å². The van der Waals surface area contributed by atoms with Crippen LogP contribution in [0.5, 0.6) is 0 Å². The zero-order chi connectivity index (χ0) is 45.7. The Bertz CT molecular complexity index is 1060. The molecule has 0 aromatic carbocycles. The summed E-state index contributed by atoms with van der Waals surface area (Å²) in [6.45, 7) is 4.47. The molecule has 0 aliphatic heterocycles. The van der Waals surface area contributed by atoms with Crippen LogP contribution in [0.25, 0.3) is 0 Å². The quantitative estimate of drug-likeness (QED) is 0.0211. The van der Waals surface area contributed by atoms with Crippen LogP contribution in [0.3, 0.4) is 0 Å². The molecule has 0 heterocycles. The molecule has 1 unspecified atom stereocenters. The van der Waals surface area contributed by atoms with E-state index in [0.29, 0.717) is 23.9 Å². The highest BCUT2D eigenvalue weighted by molar-refractivity contribution is 7.47. The van der Waals surface area contributed by atoms with E-state index in [9.17, 15) is 19.0 Å². The van der Waals surface area contributed by atoms with Gasteiger partial charge >= 0.3 is 19.8 Å². The minimum atomic E-state index is -4.38. The molecule has 0 spiro atoms. The first kappa shape index (κ1) is 60.8. The Morgan fingerprint density at radius 2 is 0.823 bits per heavy atom. The fourth-order valence-corrected chi connectivity index (χ4v) is 8.40. The Labute approximate surface area is 384 Å². The van der Waals surface area contributed by atoms with Gasteiger partial charge in [-0.1, -0.05) is 219 Å².